The van der Waals surface area contributed by atoms with Gasteiger partial charge in [0, 0.05) is 39.8 Å². The first-order valence-electron chi connectivity index (χ1n) is 16.1. The molecule has 4 heterocycles. The number of benzene rings is 1. The summed E-state index contributed by atoms with van der Waals surface area (Å²) in [5.74, 6) is -3.45. The van der Waals surface area contributed by atoms with Gasteiger partial charge in [0.1, 0.15) is 23.7 Å². The smallest absolute Gasteiger partial charge is 0.313 e. The SMILES string of the molecule is CCCCCN1C/C=C\CCC(=O)N[C@H](COC)[C@@H](c2ccccc2)OC(=O)[C@@H]2[C@@H]3C=C[C@]4(O3)[C@H](C1=O)N(CCCO)C(=O)[C@@H]24. The van der Waals surface area contributed by atoms with Crippen molar-refractivity contribution in [1.82, 2.24) is 15.1 Å². The average molecular weight is 624 g/mol. The van der Waals surface area contributed by atoms with E-state index in [1.807, 2.05) is 42.5 Å². The van der Waals surface area contributed by atoms with Gasteiger partial charge in [0.05, 0.1) is 24.7 Å². The van der Waals surface area contributed by atoms with E-state index < -0.39 is 47.7 Å². The Morgan fingerprint density at radius 2 is 1.84 bits per heavy atom. The molecule has 4 aliphatic heterocycles. The normalized spacial score (nSPS) is 32.5. The minimum absolute atomic E-state index is 0.0868. The van der Waals surface area contributed by atoms with Crippen molar-refractivity contribution in [3.8, 4) is 0 Å². The number of nitrogens with zero attached hydrogens (tertiary/aromatic N) is 2. The molecule has 0 aliphatic carbocycles. The zero-order chi connectivity index (χ0) is 32.0. The predicted molar refractivity (Wildman–Crippen MR) is 164 cm³/mol. The van der Waals surface area contributed by atoms with E-state index in [1.54, 1.807) is 17.1 Å². The second kappa shape index (κ2) is 14.7. The van der Waals surface area contributed by atoms with Crippen molar-refractivity contribution < 1.29 is 38.5 Å². The van der Waals surface area contributed by atoms with Gasteiger partial charge in [-0.15, -0.1) is 0 Å². The zero-order valence-corrected chi connectivity index (χ0v) is 26.1. The van der Waals surface area contributed by atoms with Gasteiger partial charge in [-0.1, -0.05) is 74.4 Å². The van der Waals surface area contributed by atoms with Crippen LogP contribution in [-0.2, 0) is 33.4 Å². The van der Waals surface area contributed by atoms with Crippen LogP contribution in [0.1, 0.15) is 57.1 Å². The third-order valence-corrected chi connectivity index (χ3v) is 9.24. The lowest BCUT2D eigenvalue weighted by molar-refractivity contribution is -0.162. The molecular weight excluding hydrogens is 578 g/mol. The molecule has 4 aliphatic rings. The fourth-order valence-electron chi connectivity index (χ4n) is 7.14. The van der Waals surface area contributed by atoms with Crippen molar-refractivity contribution in [3.05, 3.63) is 60.2 Å². The number of methoxy groups -OCH3 is 1. The first-order chi connectivity index (χ1) is 21.9. The number of aliphatic hydroxyl groups excluding tert-OH is 1. The second-order valence-corrected chi connectivity index (χ2v) is 12.2. The van der Waals surface area contributed by atoms with Gasteiger partial charge in [-0.2, -0.15) is 0 Å². The van der Waals surface area contributed by atoms with Gasteiger partial charge in [0.2, 0.25) is 17.7 Å². The van der Waals surface area contributed by atoms with Crippen molar-refractivity contribution in [3.63, 3.8) is 0 Å². The average Bonchev–Trinajstić information content (AvgIpc) is 3.68. The Hall–Kier alpha value is -3.54. The molecule has 3 amide bonds. The molecule has 0 aromatic heterocycles. The number of aliphatic hydroxyl groups is 1. The minimum atomic E-state index is -1.33. The van der Waals surface area contributed by atoms with Crippen molar-refractivity contribution in [2.24, 2.45) is 11.8 Å². The Morgan fingerprint density at radius 3 is 2.58 bits per heavy atom. The van der Waals surface area contributed by atoms with Crippen LogP contribution in [0, 0.1) is 11.8 Å². The minimum Gasteiger partial charge on any atom is -0.455 e. The second-order valence-electron chi connectivity index (χ2n) is 12.2. The molecule has 1 aromatic carbocycles. The molecule has 2 N–H and O–H groups in total. The van der Waals surface area contributed by atoms with Gasteiger partial charge >= 0.3 is 5.97 Å². The summed E-state index contributed by atoms with van der Waals surface area (Å²) in [5.41, 5.74) is -0.667. The molecule has 7 atom stereocenters. The molecule has 244 valence electrons. The molecule has 0 unspecified atom stereocenters. The number of carbonyl (C=O) groups excluding carboxylic acids is 4. The first kappa shape index (κ1) is 32.8. The van der Waals surface area contributed by atoms with Crippen LogP contribution in [0.25, 0.3) is 0 Å². The van der Waals surface area contributed by atoms with Crippen LogP contribution in [0.3, 0.4) is 0 Å². The first-order valence-corrected chi connectivity index (χ1v) is 16.1. The summed E-state index contributed by atoms with van der Waals surface area (Å²) >= 11 is 0. The van der Waals surface area contributed by atoms with E-state index in [0.29, 0.717) is 25.1 Å². The molecule has 1 spiro atoms. The van der Waals surface area contributed by atoms with Gasteiger partial charge < -0.3 is 34.4 Å². The number of likely N-dealkylation sites (tertiary alicyclic amines) is 1. The van der Waals surface area contributed by atoms with Crippen LogP contribution in [0.15, 0.2) is 54.6 Å². The molecule has 1 aromatic rings. The van der Waals surface area contributed by atoms with Gasteiger partial charge in [-0.3, -0.25) is 19.2 Å². The van der Waals surface area contributed by atoms with Crippen molar-refractivity contribution >= 4 is 23.7 Å². The number of allylic oxidation sites excluding steroid dienone is 1. The molecule has 2 fully saturated rings. The van der Waals surface area contributed by atoms with E-state index in [2.05, 4.69) is 12.2 Å². The number of hydrogen-bond donors (Lipinski definition) is 2. The number of nitrogens with one attached hydrogen (secondary N) is 1. The number of rotatable bonds is 10. The van der Waals surface area contributed by atoms with Gasteiger partial charge in [0.15, 0.2) is 0 Å². The monoisotopic (exact) mass is 623 g/mol. The lowest BCUT2D eigenvalue weighted by Gasteiger charge is -2.36. The molecular formula is C34H45N3O8. The number of amides is 3. The molecule has 5 bridgehead atoms. The summed E-state index contributed by atoms with van der Waals surface area (Å²) in [7, 11) is 1.52. The topological polar surface area (TPSA) is 135 Å². The Kier molecular flexibility index (Phi) is 10.7. The van der Waals surface area contributed by atoms with E-state index in [-0.39, 0.29) is 50.3 Å². The number of hydrogen-bond acceptors (Lipinski definition) is 8. The number of fused-ring (bicyclic) bond motifs is 2. The number of cyclic esters (lactones) is 1. The lowest BCUT2D eigenvalue weighted by Crippen LogP contribution is -2.56. The quantitative estimate of drug-likeness (QED) is 0.230. The Bertz CT molecular complexity index is 1290. The summed E-state index contributed by atoms with van der Waals surface area (Å²) < 4.78 is 18.2. The van der Waals surface area contributed by atoms with Crippen molar-refractivity contribution in [1.29, 1.82) is 0 Å². The Balaban J connectivity index is 1.56. The van der Waals surface area contributed by atoms with Crippen LogP contribution < -0.4 is 5.32 Å². The zero-order valence-electron chi connectivity index (χ0n) is 26.1. The van der Waals surface area contributed by atoms with Crippen LogP contribution >= 0.6 is 0 Å². The summed E-state index contributed by atoms with van der Waals surface area (Å²) in [6, 6.07) is 7.44. The molecule has 11 heteroatoms. The van der Waals surface area contributed by atoms with E-state index in [0.717, 1.165) is 19.3 Å². The fourth-order valence-corrected chi connectivity index (χ4v) is 7.14. The van der Waals surface area contributed by atoms with Gasteiger partial charge in [0.25, 0.3) is 0 Å². The Labute approximate surface area is 264 Å². The van der Waals surface area contributed by atoms with Crippen LogP contribution in [0.4, 0.5) is 0 Å². The number of esters is 1. The van der Waals surface area contributed by atoms with Crippen molar-refractivity contribution in [2.45, 2.75) is 75.3 Å². The van der Waals surface area contributed by atoms with E-state index in [1.165, 1.54) is 12.0 Å². The number of carbonyl (C=O) groups is 4. The molecule has 5 rings (SSSR count). The predicted octanol–water partition coefficient (Wildman–Crippen LogP) is 2.30. The van der Waals surface area contributed by atoms with Crippen LogP contribution in [0.2, 0.25) is 0 Å². The maximum absolute atomic E-state index is 14.4. The highest BCUT2D eigenvalue weighted by molar-refractivity contribution is 5.99. The number of ether oxygens (including phenoxy) is 3. The summed E-state index contributed by atoms with van der Waals surface area (Å²) in [4.78, 5) is 59.1. The van der Waals surface area contributed by atoms with Crippen molar-refractivity contribution in [2.75, 3.05) is 40.0 Å². The summed E-state index contributed by atoms with van der Waals surface area (Å²) in [6.45, 7) is 2.98. The number of unbranched alkanes of at least 4 members (excludes halogenated alkanes) is 2. The third kappa shape index (κ3) is 6.57. The standard InChI is InChI=1S/C34H45N3O8/c1-3-4-10-18-36-19-11-6-9-15-26(39)35-24(22-43-2)29(23-13-7-5-8-14-23)44-33(42)27-25-16-17-34(45-25)28(27)31(40)37(20-12-21-38)30(34)32(36)41/h5-8,11,13-14,16-17,24-25,27-30,38H,3-4,9-10,12,15,18-22H2,1-2H3,(H,35,39)/b11-6-/t24-,25+,27-,28-,29-,30+,34-/m1/s1. The summed E-state index contributed by atoms with van der Waals surface area (Å²) in [6.07, 6.45) is 9.31. The highest BCUT2D eigenvalue weighted by Gasteiger charge is 2.73. The molecule has 11 nitrogen and oxygen atoms in total. The highest BCUT2D eigenvalue weighted by atomic mass is 16.6. The highest BCUT2D eigenvalue weighted by Crippen LogP contribution is 2.56. The Morgan fingerprint density at radius 1 is 1.04 bits per heavy atom. The van der Waals surface area contributed by atoms with E-state index in [4.69, 9.17) is 14.2 Å². The molecule has 45 heavy (non-hydrogen) atoms. The molecule has 0 radical (unpaired) electrons. The summed E-state index contributed by atoms with van der Waals surface area (Å²) in [5, 5.41) is 12.7. The maximum Gasteiger partial charge on any atom is 0.313 e. The molecule has 2 saturated heterocycles. The van der Waals surface area contributed by atoms with E-state index in [9.17, 15) is 24.3 Å². The third-order valence-electron chi connectivity index (χ3n) is 9.24. The molecule has 0 saturated carbocycles. The van der Waals surface area contributed by atoms with Gasteiger partial charge in [-0.05, 0) is 24.8 Å². The van der Waals surface area contributed by atoms with Gasteiger partial charge in [-0.25, -0.2) is 0 Å². The largest absolute Gasteiger partial charge is 0.455 e. The van der Waals surface area contributed by atoms with Crippen LogP contribution in [-0.4, -0.2) is 102 Å². The fraction of sp³-hybridized carbons (Fsp3) is 0.588. The maximum atomic E-state index is 14.4. The lowest BCUT2D eigenvalue weighted by atomic mass is 9.74. The van der Waals surface area contributed by atoms with E-state index >= 15 is 0 Å². The van der Waals surface area contributed by atoms with Crippen LogP contribution in [0.5, 0.6) is 0 Å².